The van der Waals surface area contributed by atoms with Gasteiger partial charge < -0.3 is 10.5 Å². The van der Waals surface area contributed by atoms with Crippen molar-refractivity contribution >= 4 is 33.1 Å². The van der Waals surface area contributed by atoms with Crippen LogP contribution in [0.4, 0.5) is 4.39 Å². The van der Waals surface area contributed by atoms with Gasteiger partial charge in [-0.2, -0.15) is 0 Å². The first kappa shape index (κ1) is 14.9. The number of benzene rings is 2. The third kappa shape index (κ3) is 3.55. The van der Waals surface area contributed by atoms with Crippen LogP contribution in [0.15, 0.2) is 40.9 Å². The number of ether oxygens (including phenoxy) is 1. The van der Waals surface area contributed by atoms with Crippen LogP contribution in [0.2, 0.25) is 0 Å². The summed E-state index contributed by atoms with van der Waals surface area (Å²) in [5.74, 6) is 0.405. The Hall–Kier alpha value is -1.46. The maximum atomic E-state index is 13.2. The predicted octanol–water partition coefficient (Wildman–Crippen LogP) is 4.11. The van der Waals surface area contributed by atoms with E-state index in [9.17, 15) is 4.39 Å². The molecule has 0 atom stereocenters. The molecular weight excluding hydrogens is 341 g/mol. The molecule has 0 saturated carbocycles. The van der Waals surface area contributed by atoms with E-state index in [4.69, 9.17) is 22.7 Å². The van der Waals surface area contributed by atoms with Crippen molar-refractivity contribution in [1.29, 1.82) is 0 Å². The van der Waals surface area contributed by atoms with Gasteiger partial charge in [0.15, 0.2) is 0 Å². The summed E-state index contributed by atoms with van der Waals surface area (Å²) < 4.78 is 20.0. The average molecular weight is 354 g/mol. The highest BCUT2D eigenvalue weighted by Gasteiger charge is 2.08. The third-order valence-corrected chi connectivity index (χ3v) is 3.57. The van der Waals surface area contributed by atoms with Crippen LogP contribution in [-0.2, 0) is 6.61 Å². The zero-order valence-corrected chi connectivity index (χ0v) is 13.2. The van der Waals surface area contributed by atoms with Gasteiger partial charge in [0.1, 0.15) is 23.2 Å². The molecule has 0 fully saturated rings. The largest absolute Gasteiger partial charge is 0.489 e. The molecule has 2 aromatic carbocycles. The molecule has 0 radical (unpaired) electrons. The highest BCUT2D eigenvalue weighted by Crippen LogP contribution is 2.23. The molecule has 0 aliphatic heterocycles. The first-order chi connectivity index (χ1) is 9.47. The Morgan fingerprint density at radius 3 is 2.70 bits per heavy atom. The van der Waals surface area contributed by atoms with Crippen LogP contribution in [0.1, 0.15) is 16.7 Å². The number of halogens is 2. The van der Waals surface area contributed by atoms with Gasteiger partial charge in [-0.25, -0.2) is 4.39 Å². The molecule has 2 aromatic rings. The molecule has 0 unspecified atom stereocenters. The van der Waals surface area contributed by atoms with Gasteiger partial charge in [0.25, 0.3) is 0 Å². The van der Waals surface area contributed by atoms with E-state index in [1.165, 1.54) is 12.1 Å². The summed E-state index contributed by atoms with van der Waals surface area (Å²) in [6, 6.07) is 10.1. The summed E-state index contributed by atoms with van der Waals surface area (Å²) in [5.41, 5.74) is 7.89. The minimum Gasteiger partial charge on any atom is -0.489 e. The first-order valence-electron chi connectivity index (χ1n) is 5.94. The van der Waals surface area contributed by atoms with Crippen molar-refractivity contribution in [2.45, 2.75) is 13.5 Å². The molecule has 2 N–H and O–H groups in total. The normalized spacial score (nSPS) is 10.3. The maximum absolute atomic E-state index is 13.2. The van der Waals surface area contributed by atoms with Crippen molar-refractivity contribution in [2.24, 2.45) is 5.73 Å². The number of thiocarbonyl (C=S) groups is 1. The van der Waals surface area contributed by atoms with Crippen LogP contribution in [0, 0.1) is 12.7 Å². The highest BCUT2D eigenvalue weighted by atomic mass is 79.9. The average Bonchev–Trinajstić information content (AvgIpc) is 2.38. The summed E-state index contributed by atoms with van der Waals surface area (Å²) in [4.78, 5) is 0.163. The third-order valence-electron chi connectivity index (χ3n) is 2.86. The van der Waals surface area contributed by atoms with Gasteiger partial charge >= 0.3 is 0 Å². The Balaban J connectivity index is 2.20. The number of nitrogens with two attached hydrogens (primary N) is 1. The molecule has 2 nitrogen and oxygen atoms in total. The van der Waals surface area contributed by atoms with Crippen LogP contribution in [-0.4, -0.2) is 4.99 Å². The molecule has 20 heavy (non-hydrogen) atoms. The van der Waals surface area contributed by atoms with E-state index in [2.05, 4.69) is 15.9 Å². The molecule has 0 aliphatic carbocycles. The molecule has 0 aromatic heterocycles. The quantitative estimate of drug-likeness (QED) is 0.840. The summed E-state index contributed by atoms with van der Waals surface area (Å²) >= 11 is 8.33. The Morgan fingerprint density at radius 1 is 1.30 bits per heavy atom. The van der Waals surface area contributed by atoms with Gasteiger partial charge in [0.05, 0.1) is 0 Å². The Kier molecular flexibility index (Phi) is 4.73. The lowest BCUT2D eigenvalue weighted by molar-refractivity contribution is 0.303. The minimum absolute atomic E-state index is 0.163. The second-order valence-electron chi connectivity index (χ2n) is 4.36. The zero-order chi connectivity index (χ0) is 14.7. The molecule has 104 valence electrons. The predicted molar refractivity (Wildman–Crippen MR) is 85.5 cm³/mol. The van der Waals surface area contributed by atoms with Crippen molar-refractivity contribution in [3.8, 4) is 5.75 Å². The standard InChI is InChI=1S/C15H13BrFNOS/c1-9-6-11(16)3-5-14(9)19-8-10-2-4-12(17)7-13(10)15(18)20/h2-7H,8H2,1H3,(H2,18,20). The lowest BCUT2D eigenvalue weighted by Gasteiger charge is -2.12. The van der Waals surface area contributed by atoms with Gasteiger partial charge in [0, 0.05) is 10.0 Å². The topological polar surface area (TPSA) is 35.2 Å². The van der Waals surface area contributed by atoms with Crippen molar-refractivity contribution in [3.05, 3.63) is 63.4 Å². The van der Waals surface area contributed by atoms with E-state index in [1.54, 1.807) is 6.07 Å². The lowest BCUT2D eigenvalue weighted by atomic mass is 10.1. The molecule has 0 heterocycles. The van der Waals surface area contributed by atoms with Crippen LogP contribution >= 0.6 is 28.1 Å². The van der Waals surface area contributed by atoms with E-state index < -0.39 is 0 Å². The van der Waals surface area contributed by atoms with Crippen LogP contribution < -0.4 is 10.5 Å². The summed E-state index contributed by atoms with van der Waals surface area (Å²) in [7, 11) is 0. The second-order valence-corrected chi connectivity index (χ2v) is 5.72. The fourth-order valence-electron chi connectivity index (χ4n) is 1.83. The van der Waals surface area contributed by atoms with E-state index in [0.717, 1.165) is 21.3 Å². The van der Waals surface area contributed by atoms with Crippen LogP contribution in [0.5, 0.6) is 5.75 Å². The molecule has 0 aliphatic rings. The van der Waals surface area contributed by atoms with Crippen LogP contribution in [0.25, 0.3) is 0 Å². The molecular formula is C15H13BrFNOS. The molecule has 0 spiro atoms. The smallest absolute Gasteiger partial charge is 0.123 e. The van der Waals surface area contributed by atoms with Gasteiger partial charge in [-0.1, -0.05) is 34.2 Å². The monoisotopic (exact) mass is 353 g/mol. The van der Waals surface area contributed by atoms with Crippen molar-refractivity contribution in [3.63, 3.8) is 0 Å². The SMILES string of the molecule is Cc1cc(Br)ccc1OCc1ccc(F)cc1C(N)=S. The highest BCUT2D eigenvalue weighted by molar-refractivity contribution is 9.10. The van der Waals surface area contributed by atoms with Crippen LogP contribution in [0.3, 0.4) is 0 Å². The number of rotatable bonds is 4. The maximum Gasteiger partial charge on any atom is 0.123 e. The van der Waals surface area contributed by atoms with E-state index in [-0.39, 0.29) is 17.4 Å². The number of aryl methyl sites for hydroxylation is 1. The summed E-state index contributed by atoms with van der Waals surface area (Å²) in [6.45, 7) is 2.24. The number of hydrogen-bond donors (Lipinski definition) is 1. The van der Waals surface area contributed by atoms with Gasteiger partial charge in [0.2, 0.25) is 0 Å². The van der Waals surface area contributed by atoms with Gasteiger partial charge in [-0.3, -0.25) is 0 Å². The Morgan fingerprint density at radius 2 is 2.05 bits per heavy atom. The Labute approximate surface area is 130 Å². The first-order valence-corrected chi connectivity index (χ1v) is 7.14. The van der Waals surface area contributed by atoms with Crippen molar-refractivity contribution in [2.75, 3.05) is 0 Å². The Bertz CT molecular complexity index is 660. The van der Waals surface area contributed by atoms with Crippen molar-refractivity contribution in [1.82, 2.24) is 0 Å². The lowest BCUT2D eigenvalue weighted by Crippen LogP contribution is -2.14. The van der Waals surface area contributed by atoms with Gasteiger partial charge in [-0.15, -0.1) is 0 Å². The summed E-state index contributed by atoms with van der Waals surface area (Å²) in [5, 5.41) is 0. The molecule has 5 heteroatoms. The number of hydrogen-bond acceptors (Lipinski definition) is 2. The molecule has 0 amide bonds. The molecule has 0 bridgehead atoms. The fraction of sp³-hybridized carbons (Fsp3) is 0.133. The van der Waals surface area contributed by atoms with E-state index in [0.29, 0.717) is 5.56 Å². The van der Waals surface area contributed by atoms with E-state index >= 15 is 0 Å². The minimum atomic E-state index is -0.364. The molecule has 2 rings (SSSR count). The summed E-state index contributed by atoms with van der Waals surface area (Å²) in [6.07, 6.45) is 0. The van der Waals surface area contributed by atoms with E-state index in [1.807, 2.05) is 25.1 Å². The van der Waals surface area contributed by atoms with Gasteiger partial charge in [-0.05, 0) is 48.4 Å². The van der Waals surface area contributed by atoms with Crippen molar-refractivity contribution < 1.29 is 9.13 Å². The molecule has 0 saturated heterocycles. The second kappa shape index (κ2) is 6.33. The zero-order valence-electron chi connectivity index (χ0n) is 10.8. The fourth-order valence-corrected chi connectivity index (χ4v) is 2.50.